The Labute approximate surface area is 619 Å². The molecule has 0 bridgehead atoms. The van der Waals surface area contributed by atoms with E-state index < -0.39 is 23.1 Å². The third kappa shape index (κ3) is 16.0. The fourth-order valence-electron chi connectivity index (χ4n) is 11.0. The Balaban J connectivity index is 0.000000128. The van der Waals surface area contributed by atoms with Crippen LogP contribution in [0.5, 0.6) is 0 Å². The minimum absolute atomic E-state index is 0.0614. The monoisotopic (exact) mass is 1480 g/mol. The second kappa shape index (κ2) is 31.4. The molecule has 8 aromatic carbocycles. The molecular weight excluding hydrogens is 1420 g/mol. The van der Waals surface area contributed by atoms with E-state index in [1.807, 2.05) is 0 Å². The summed E-state index contributed by atoms with van der Waals surface area (Å²) in [6.45, 7) is 0. The summed E-state index contributed by atoms with van der Waals surface area (Å²) in [6.07, 6.45) is 6.24. The number of oxazole rings is 4. The standard InChI is InChI=1S/C20H16N4O4.C19H13ClN4O3.C19H15N5O3.C19H14N4O4/c1-24-16(10-11-21-24)18(25)22-13-8-6-12(7-9-13)19-23-15-5-3-4-14(17(15)28-19)20(26)27-2;2*1-24-15(9-10-21-24)18(26)22-12-7-5-11(6-8-12)19-23-14-4-2-3-13(17(20)25)16(14)27-19;1-23-15(9-10-20-23)17(24)21-12-7-5-11(6-8-12)18-22-14-4-2-3-13(19(25)26)16(14)27-18/h3-11H,1-2H3,(H,22,25);2-10H,1H3,(H,22,26);2-10H,1H3,(H2,20,25)(H,22,26);2-10H,1H3,(H,21,24)(H,25,26). The summed E-state index contributed by atoms with van der Waals surface area (Å²) < 4.78 is 33.7. The van der Waals surface area contributed by atoms with Gasteiger partial charge in [-0.3, -0.25) is 47.5 Å². The van der Waals surface area contributed by atoms with Gasteiger partial charge in [-0.1, -0.05) is 24.3 Å². The number of ether oxygens (including phenoxy) is 1. The van der Waals surface area contributed by atoms with Gasteiger partial charge in [0, 0.05) is 98.0 Å². The number of methoxy groups -OCH3 is 1. The highest BCUT2D eigenvalue weighted by Crippen LogP contribution is 2.33. The zero-order valence-corrected chi connectivity index (χ0v) is 58.6. The van der Waals surface area contributed by atoms with Crippen molar-refractivity contribution >= 4 is 125 Å². The molecule has 31 nitrogen and oxygen atoms in total. The molecular formula is C77H58ClN17O14. The Morgan fingerprint density at radius 3 is 0.881 bits per heavy atom. The number of aryl methyl sites for hydroxylation is 4. The van der Waals surface area contributed by atoms with E-state index >= 15 is 0 Å². The van der Waals surface area contributed by atoms with Gasteiger partial charge >= 0.3 is 11.9 Å². The first-order chi connectivity index (χ1) is 52.6. The molecule has 0 aliphatic heterocycles. The molecule has 16 rings (SSSR count). The number of para-hydroxylation sites is 4. The molecule has 0 aliphatic carbocycles. The van der Waals surface area contributed by atoms with Crippen LogP contribution < -0.4 is 27.0 Å². The molecule has 32 heteroatoms. The number of nitrogens with two attached hydrogens (primary N) is 1. The second-order valence-corrected chi connectivity index (χ2v) is 24.0. The van der Waals surface area contributed by atoms with E-state index in [0.29, 0.717) is 136 Å². The van der Waals surface area contributed by atoms with Crippen LogP contribution in [0.3, 0.4) is 0 Å². The van der Waals surface area contributed by atoms with E-state index in [1.165, 1.54) is 31.9 Å². The van der Waals surface area contributed by atoms with Crippen LogP contribution in [0.4, 0.5) is 22.7 Å². The predicted molar refractivity (Wildman–Crippen MR) is 399 cm³/mol. The Morgan fingerprint density at radius 1 is 0.367 bits per heavy atom. The van der Waals surface area contributed by atoms with Gasteiger partial charge < -0.3 is 54.5 Å². The normalized spacial score (nSPS) is 10.8. The average Bonchev–Trinajstić information content (AvgIpc) is 1.67. The summed E-state index contributed by atoms with van der Waals surface area (Å²) >= 11 is 5.59. The number of nitrogens with one attached hydrogen (secondary N) is 4. The number of esters is 1. The molecule has 8 aromatic heterocycles. The van der Waals surface area contributed by atoms with Gasteiger partial charge in [0.05, 0.1) is 18.2 Å². The molecule has 16 aromatic rings. The van der Waals surface area contributed by atoms with Crippen LogP contribution in [0.25, 0.3) is 90.2 Å². The largest absolute Gasteiger partial charge is 0.478 e. The van der Waals surface area contributed by atoms with Gasteiger partial charge in [-0.15, -0.1) is 0 Å². The molecule has 7 N–H and O–H groups in total. The maximum atomic E-state index is 12.3. The number of halogens is 1. The molecule has 0 saturated carbocycles. The lowest BCUT2D eigenvalue weighted by atomic mass is 10.2. The minimum Gasteiger partial charge on any atom is -0.478 e. The van der Waals surface area contributed by atoms with Crippen LogP contribution in [-0.2, 0) is 32.9 Å². The maximum Gasteiger partial charge on any atom is 0.341 e. The summed E-state index contributed by atoms with van der Waals surface area (Å²) in [5.41, 5.74) is 16.8. The molecule has 0 aliphatic rings. The SMILES string of the molecule is COC(=O)c1cccc2nc(-c3ccc(NC(=O)c4ccnn4C)cc3)oc12.Cn1nccc1C(=O)Nc1ccc(-c2nc3cccc(C(=O)Cl)c3o2)cc1.Cn1nccc1C(=O)Nc1ccc(-c2nc3cccc(C(=O)O)c3o2)cc1.Cn1nccc1C(=O)Nc1ccc(-c2nc3cccc(C(N)=O)c3o2)cc1. The van der Waals surface area contributed by atoms with Gasteiger partial charge in [-0.25, -0.2) is 29.5 Å². The number of carboxylic acid groups (broad SMARTS) is 1. The summed E-state index contributed by atoms with van der Waals surface area (Å²) in [5, 5.41) is 35.7. The first kappa shape index (κ1) is 72.1. The van der Waals surface area contributed by atoms with Crippen molar-refractivity contribution in [3.63, 3.8) is 0 Å². The third-order valence-corrected chi connectivity index (χ3v) is 16.7. The van der Waals surface area contributed by atoms with Gasteiger partial charge in [-0.2, -0.15) is 20.4 Å². The molecule has 8 heterocycles. The number of aromatic nitrogens is 12. The van der Waals surface area contributed by atoms with E-state index in [-0.39, 0.29) is 45.9 Å². The molecule has 0 atom stereocenters. The van der Waals surface area contributed by atoms with Crippen molar-refractivity contribution in [3.8, 4) is 45.8 Å². The van der Waals surface area contributed by atoms with Crippen LogP contribution in [0.2, 0.25) is 0 Å². The number of nitrogens with zero attached hydrogens (tertiary/aromatic N) is 12. The first-order valence-electron chi connectivity index (χ1n) is 32.6. The van der Waals surface area contributed by atoms with Crippen molar-refractivity contribution in [2.75, 3.05) is 28.4 Å². The number of primary amides is 1. The number of amides is 5. The highest BCUT2D eigenvalue weighted by Gasteiger charge is 2.22. The minimum atomic E-state index is -1.07. The highest BCUT2D eigenvalue weighted by atomic mass is 35.5. The summed E-state index contributed by atoms with van der Waals surface area (Å²) in [6, 6.07) is 54.5. The van der Waals surface area contributed by atoms with Gasteiger partial charge in [0.15, 0.2) is 22.3 Å². The van der Waals surface area contributed by atoms with Gasteiger partial charge in [0.25, 0.3) is 34.8 Å². The lowest BCUT2D eigenvalue weighted by Crippen LogP contribution is -2.15. The van der Waals surface area contributed by atoms with Crippen molar-refractivity contribution < 1.29 is 65.9 Å². The van der Waals surface area contributed by atoms with Crippen molar-refractivity contribution in [1.82, 2.24) is 59.1 Å². The lowest BCUT2D eigenvalue weighted by Gasteiger charge is -2.05. The van der Waals surface area contributed by atoms with E-state index in [1.54, 1.807) is 241 Å². The zero-order chi connectivity index (χ0) is 76.6. The van der Waals surface area contributed by atoms with E-state index in [4.69, 9.17) is 39.7 Å². The topological polar surface area (TPSA) is 416 Å². The number of carbonyl (C=O) groups is 8. The summed E-state index contributed by atoms with van der Waals surface area (Å²) in [4.78, 5) is 113. The molecule has 0 unspecified atom stereocenters. The van der Waals surface area contributed by atoms with E-state index in [0.717, 1.165) is 0 Å². The fraction of sp³-hybridized carbons (Fsp3) is 0.0649. The average molecular weight is 1480 g/mol. The molecule has 109 heavy (non-hydrogen) atoms. The van der Waals surface area contributed by atoms with Crippen LogP contribution >= 0.6 is 11.6 Å². The second-order valence-electron chi connectivity index (χ2n) is 23.6. The number of benzene rings is 8. The summed E-state index contributed by atoms with van der Waals surface area (Å²) in [5.74, 6) is -1.75. The molecule has 542 valence electrons. The van der Waals surface area contributed by atoms with Crippen molar-refractivity contribution in [3.05, 3.63) is 264 Å². The zero-order valence-electron chi connectivity index (χ0n) is 57.9. The Morgan fingerprint density at radius 2 is 0.624 bits per heavy atom. The Kier molecular flexibility index (Phi) is 20.7. The number of anilines is 4. The number of fused-ring (bicyclic) bond motifs is 4. The third-order valence-electron chi connectivity index (χ3n) is 16.5. The van der Waals surface area contributed by atoms with Crippen molar-refractivity contribution in [1.29, 1.82) is 0 Å². The quantitative estimate of drug-likeness (QED) is 0.0386. The maximum absolute atomic E-state index is 12.3. The highest BCUT2D eigenvalue weighted by molar-refractivity contribution is 6.68. The number of hydrogen-bond acceptors (Lipinski definition) is 21. The van der Waals surface area contributed by atoms with Gasteiger partial charge in [0.2, 0.25) is 23.6 Å². The number of aromatic carboxylic acids is 1. The molecule has 0 spiro atoms. The van der Waals surface area contributed by atoms with Gasteiger partial charge in [-0.05, 0) is 181 Å². The molecule has 0 saturated heterocycles. The van der Waals surface area contributed by atoms with Crippen LogP contribution in [0, 0.1) is 0 Å². The predicted octanol–water partition coefficient (Wildman–Crippen LogP) is 12.9. The molecule has 0 fully saturated rings. The van der Waals surface area contributed by atoms with E-state index in [9.17, 15) is 43.5 Å². The van der Waals surface area contributed by atoms with Gasteiger partial charge in [0.1, 0.15) is 56.0 Å². The molecule has 0 radical (unpaired) electrons. The Hall–Kier alpha value is -15.3. The van der Waals surface area contributed by atoms with Crippen LogP contribution in [0.1, 0.15) is 83.4 Å². The van der Waals surface area contributed by atoms with Crippen LogP contribution in [0.15, 0.2) is 237 Å². The lowest BCUT2D eigenvalue weighted by molar-refractivity contribution is 0.0600. The van der Waals surface area contributed by atoms with E-state index in [2.05, 4.69) is 61.6 Å². The summed E-state index contributed by atoms with van der Waals surface area (Å²) in [7, 11) is 8.11. The fourth-order valence-corrected chi connectivity index (χ4v) is 11.2. The number of rotatable bonds is 16. The smallest absolute Gasteiger partial charge is 0.341 e. The Bertz CT molecular complexity index is 5700. The number of hydrogen-bond donors (Lipinski definition) is 6. The number of carbonyl (C=O) groups excluding carboxylic acids is 7. The molecule has 5 amide bonds. The number of carboxylic acids is 1. The van der Waals surface area contributed by atoms with Crippen molar-refractivity contribution in [2.24, 2.45) is 33.9 Å². The first-order valence-corrected chi connectivity index (χ1v) is 33.0. The van der Waals surface area contributed by atoms with Crippen LogP contribution in [-0.4, -0.2) is 118 Å². The van der Waals surface area contributed by atoms with Crippen molar-refractivity contribution in [2.45, 2.75) is 0 Å².